The molecule has 0 radical (unpaired) electrons. The first-order chi connectivity index (χ1) is 28.2. The van der Waals surface area contributed by atoms with Crippen LogP contribution in [0.3, 0.4) is 0 Å². The van der Waals surface area contributed by atoms with Crippen molar-refractivity contribution in [1.82, 2.24) is 24.9 Å². The molecule has 0 aliphatic rings. The molecule has 0 bridgehead atoms. The fraction of sp³-hybridized carbons (Fsp3) is 0. The van der Waals surface area contributed by atoms with E-state index >= 15 is 0 Å². The zero-order chi connectivity index (χ0) is 37.5. The quantitative estimate of drug-likeness (QED) is 0.174. The monoisotopic (exact) mass is 765 g/mol. The Morgan fingerprint density at radius 2 is 1.00 bits per heavy atom. The molecule has 266 valence electrons. The molecule has 7 aromatic carbocycles. The summed E-state index contributed by atoms with van der Waals surface area (Å²) < 4.78 is 11.1. The highest BCUT2D eigenvalue weighted by molar-refractivity contribution is 7.26. The molecule has 0 fully saturated rings. The summed E-state index contributed by atoms with van der Waals surface area (Å²) in [6.45, 7) is 0. The van der Waals surface area contributed by atoms with E-state index in [0.29, 0.717) is 28.9 Å². The number of benzene rings is 7. The van der Waals surface area contributed by atoms with Crippen molar-refractivity contribution in [1.29, 1.82) is 0 Å². The van der Waals surface area contributed by atoms with Gasteiger partial charge in [0, 0.05) is 73.5 Å². The van der Waals surface area contributed by atoms with Gasteiger partial charge in [0.2, 0.25) is 0 Å². The summed E-state index contributed by atoms with van der Waals surface area (Å²) in [6, 6.07) is 56.4. The Bertz CT molecular complexity index is 3540. The molecule has 0 saturated carbocycles. The van der Waals surface area contributed by atoms with Crippen LogP contribution >= 0.6 is 22.7 Å². The summed E-state index contributed by atoms with van der Waals surface area (Å²) in [6.07, 6.45) is 0. The first-order valence-corrected chi connectivity index (χ1v) is 20.3. The maximum atomic E-state index is 6.35. The Kier molecular flexibility index (Phi) is 7.17. The molecule has 5 heterocycles. The maximum Gasteiger partial charge on any atom is 0.180 e. The number of rotatable bonds is 5. The van der Waals surface area contributed by atoms with Crippen molar-refractivity contribution in [2.24, 2.45) is 0 Å². The highest BCUT2D eigenvalue weighted by Crippen LogP contribution is 2.42. The number of aromatic nitrogens is 5. The van der Waals surface area contributed by atoms with E-state index in [-0.39, 0.29) is 0 Å². The van der Waals surface area contributed by atoms with E-state index < -0.39 is 0 Å². The molecule has 5 aromatic heterocycles. The Labute approximate surface area is 333 Å². The topological polar surface area (TPSA) is 77.6 Å². The van der Waals surface area contributed by atoms with Gasteiger partial charge in [0.1, 0.15) is 16.8 Å². The van der Waals surface area contributed by atoms with Crippen LogP contribution in [0, 0.1) is 0 Å². The zero-order valence-electron chi connectivity index (χ0n) is 30.0. The first-order valence-electron chi connectivity index (χ1n) is 18.7. The molecular weight excluding hydrogens is 739 g/mol. The first kappa shape index (κ1) is 32.1. The second-order valence-electron chi connectivity index (χ2n) is 14.0. The Balaban J connectivity index is 1.00. The minimum atomic E-state index is 0.636. The number of hydrogen-bond acceptors (Lipinski definition) is 8. The van der Waals surface area contributed by atoms with Gasteiger partial charge in [0.25, 0.3) is 0 Å². The van der Waals surface area contributed by atoms with Crippen molar-refractivity contribution in [2.45, 2.75) is 0 Å². The predicted molar refractivity (Wildman–Crippen MR) is 236 cm³/mol. The van der Waals surface area contributed by atoms with Crippen LogP contribution in [0.4, 0.5) is 0 Å². The fourth-order valence-corrected chi connectivity index (χ4v) is 10.2. The lowest BCUT2D eigenvalue weighted by Crippen LogP contribution is -2.00. The lowest BCUT2D eigenvalue weighted by Gasteiger charge is -2.09. The minimum absolute atomic E-state index is 0.636. The van der Waals surface area contributed by atoms with Gasteiger partial charge in [-0.25, -0.2) is 24.9 Å². The Morgan fingerprint density at radius 1 is 0.368 bits per heavy atom. The van der Waals surface area contributed by atoms with Crippen molar-refractivity contribution in [3.63, 3.8) is 0 Å². The number of para-hydroxylation sites is 1. The highest BCUT2D eigenvalue weighted by Gasteiger charge is 2.20. The van der Waals surface area contributed by atoms with Gasteiger partial charge >= 0.3 is 0 Å². The van der Waals surface area contributed by atoms with E-state index in [1.54, 1.807) is 22.7 Å². The van der Waals surface area contributed by atoms with Crippen LogP contribution in [0.2, 0.25) is 0 Å². The van der Waals surface area contributed by atoms with Crippen molar-refractivity contribution in [3.05, 3.63) is 164 Å². The lowest BCUT2D eigenvalue weighted by atomic mass is 10.1. The van der Waals surface area contributed by atoms with Gasteiger partial charge in [-0.3, -0.25) is 0 Å². The Hall–Kier alpha value is -7.13. The number of fused-ring (bicyclic) bond motifs is 9. The smallest absolute Gasteiger partial charge is 0.180 e. The molecule has 0 saturated heterocycles. The normalized spacial score (nSPS) is 11.9. The van der Waals surface area contributed by atoms with Gasteiger partial charge in [-0.15, -0.1) is 22.7 Å². The molecule has 0 aliphatic heterocycles. The minimum Gasteiger partial charge on any atom is -0.452 e. The molecule has 0 aliphatic carbocycles. The molecule has 6 nitrogen and oxygen atoms in total. The van der Waals surface area contributed by atoms with Gasteiger partial charge in [0.15, 0.2) is 28.9 Å². The second-order valence-corrected chi connectivity index (χ2v) is 16.2. The summed E-state index contributed by atoms with van der Waals surface area (Å²) >= 11 is 3.54. The van der Waals surface area contributed by atoms with Crippen molar-refractivity contribution < 1.29 is 4.42 Å². The summed E-state index contributed by atoms with van der Waals surface area (Å²) in [5, 5.41) is 5.73. The Morgan fingerprint density at radius 3 is 1.86 bits per heavy atom. The highest BCUT2D eigenvalue weighted by atomic mass is 32.1. The van der Waals surface area contributed by atoms with Gasteiger partial charge in [-0.2, -0.15) is 0 Å². The third-order valence-electron chi connectivity index (χ3n) is 10.6. The second kappa shape index (κ2) is 12.7. The van der Waals surface area contributed by atoms with E-state index in [2.05, 4.69) is 109 Å². The SMILES string of the molecule is c1ccc(-c2nc(-c3ccc4sc5cc(-c6nc(-c7ccccc7)c7oc8ccccc8c7n6)ccc5c4c3)nc(-c3cccc4c3sc3ccccc34)n2)cc1. The molecule has 12 aromatic rings. The summed E-state index contributed by atoms with van der Waals surface area (Å²) in [7, 11) is 0. The fourth-order valence-electron chi connectivity index (χ4n) is 7.83. The van der Waals surface area contributed by atoms with Crippen LogP contribution in [0.5, 0.6) is 0 Å². The number of furan rings is 1. The number of hydrogen-bond donors (Lipinski definition) is 0. The van der Waals surface area contributed by atoms with Gasteiger partial charge in [0.05, 0.1) is 0 Å². The molecule has 12 rings (SSSR count). The van der Waals surface area contributed by atoms with Crippen molar-refractivity contribution >= 4 is 85.1 Å². The largest absolute Gasteiger partial charge is 0.452 e. The number of nitrogens with zero attached hydrogens (tertiary/aromatic N) is 5. The summed E-state index contributed by atoms with van der Waals surface area (Å²) in [5.74, 6) is 2.60. The average Bonchev–Trinajstić information content (AvgIpc) is 3.97. The summed E-state index contributed by atoms with van der Waals surface area (Å²) in [4.78, 5) is 25.6. The lowest BCUT2D eigenvalue weighted by molar-refractivity contribution is 0.667. The van der Waals surface area contributed by atoms with E-state index in [1.165, 1.54) is 24.9 Å². The van der Waals surface area contributed by atoms with Crippen molar-refractivity contribution in [3.8, 4) is 56.8 Å². The predicted octanol–water partition coefficient (Wildman–Crippen LogP) is 13.6. The molecule has 57 heavy (non-hydrogen) atoms. The molecule has 8 heteroatoms. The molecular formula is C49H27N5OS2. The van der Waals surface area contributed by atoms with Crippen LogP contribution in [0.1, 0.15) is 0 Å². The van der Waals surface area contributed by atoms with Crippen LogP contribution in [-0.4, -0.2) is 24.9 Å². The zero-order valence-corrected chi connectivity index (χ0v) is 31.7. The van der Waals surface area contributed by atoms with E-state index in [4.69, 9.17) is 29.3 Å². The van der Waals surface area contributed by atoms with Crippen LogP contribution in [0.25, 0.3) is 119 Å². The van der Waals surface area contributed by atoms with Crippen LogP contribution < -0.4 is 0 Å². The van der Waals surface area contributed by atoms with Gasteiger partial charge in [-0.05, 0) is 48.5 Å². The van der Waals surface area contributed by atoms with Crippen LogP contribution in [-0.2, 0) is 0 Å². The number of thiophene rings is 2. The van der Waals surface area contributed by atoms with Crippen LogP contribution in [0.15, 0.2) is 168 Å². The standard InChI is InChI=1S/C49H27N5OS2/c1-3-12-28(13-4-1)42-44-43(35-17-7-9-20-38(35)55-44)51-47(50-42)31-22-24-33-37-26-30(23-25-40(37)56-41(33)27-31)48-52-46(29-14-5-2-6-15-29)53-49(54-48)36-19-11-18-34-32-16-8-10-21-39(32)57-45(34)36/h1-27H. The van der Waals surface area contributed by atoms with E-state index in [9.17, 15) is 0 Å². The third kappa shape index (κ3) is 5.26. The molecule has 0 N–H and O–H groups in total. The maximum absolute atomic E-state index is 6.35. The van der Waals surface area contributed by atoms with Gasteiger partial charge < -0.3 is 4.42 Å². The molecule has 0 atom stereocenters. The van der Waals surface area contributed by atoms with Crippen molar-refractivity contribution in [2.75, 3.05) is 0 Å². The molecule has 0 unspecified atom stereocenters. The average molecular weight is 766 g/mol. The van der Waals surface area contributed by atoms with E-state index in [0.717, 1.165) is 65.5 Å². The van der Waals surface area contributed by atoms with E-state index in [1.807, 2.05) is 54.6 Å². The molecule has 0 amide bonds. The third-order valence-corrected chi connectivity index (χ3v) is 12.9. The van der Waals surface area contributed by atoms with Gasteiger partial charge in [-0.1, -0.05) is 115 Å². The molecule has 0 spiro atoms. The summed E-state index contributed by atoms with van der Waals surface area (Å²) in [5.41, 5.74) is 7.90.